The molecule has 1 atom stereocenters. The van der Waals surface area contributed by atoms with Crippen LogP contribution in [0.5, 0.6) is 0 Å². The lowest BCUT2D eigenvalue weighted by molar-refractivity contribution is 0.0204. The van der Waals surface area contributed by atoms with Gasteiger partial charge in [-0.3, -0.25) is 4.90 Å². The molecule has 2 aliphatic rings. The monoisotopic (exact) mass is 255 g/mol. The summed E-state index contributed by atoms with van der Waals surface area (Å²) in [6.45, 7) is 8.00. The van der Waals surface area contributed by atoms with Gasteiger partial charge in [-0.2, -0.15) is 0 Å². The second kappa shape index (κ2) is 4.42. The fraction of sp³-hybridized carbons (Fsp3) is 0.833. The van der Waals surface area contributed by atoms with Gasteiger partial charge in [-0.1, -0.05) is 5.16 Å². The van der Waals surface area contributed by atoms with Crippen molar-refractivity contribution in [3.63, 3.8) is 0 Å². The number of amidine groups is 1. The molecule has 2 heterocycles. The van der Waals surface area contributed by atoms with Crippen molar-refractivity contribution < 1.29 is 14.4 Å². The minimum Gasteiger partial charge on any atom is -0.443 e. The van der Waals surface area contributed by atoms with Gasteiger partial charge in [-0.05, 0) is 33.7 Å². The fourth-order valence-electron chi connectivity index (χ4n) is 2.41. The Morgan fingerprint density at radius 3 is 2.72 bits per heavy atom. The van der Waals surface area contributed by atoms with Crippen LogP contribution >= 0.6 is 0 Å². The lowest BCUT2D eigenvalue weighted by Gasteiger charge is -2.47. The Morgan fingerprint density at radius 1 is 1.50 bits per heavy atom. The predicted molar refractivity (Wildman–Crippen MR) is 67.3 cm³/mol. The normalized spacial score (nSPS) is 29.6. The Morgan fingerprint density at radius 2 is 2.22 bits per heavy atom. The van der Waals surface area contributed by atoms with Crippen LogP contribution in [0.3, 0.4) is 0 Å². The van der Waals surface area contributed by atoms with Gasteiger partial charge in [0.1, 0.15) is 12.7 Å². The first kappa shape index (κ1) is 13.1. The molecule has 2 fully saturated rings. The largest absolute Gasteiger partial charge is 0.443 e. The van der Waals surface area contributed by atoms with Gasteiger partial charge in [0.05, 0.1) is 5.41 Å². The highest BCUT2D eigenvalue weighted by molar-refractivity contribution is 6.04. The van der Waals surface area contributed by atoms with Gasteiger partial charge in [-0.25, -0.2) is 4.79 Å². The quantitative estimate of drug-likeness (QED) is 0.715. The van der Waals surface area contributed by atoms with Crippen LogP contribution in [0.4, 0.5) is 4.79 Å². The van der Waals surface area contributed by atoms with Crippen LogP contribution in [0, 0.1) is 5.41 Å². The van der Waals surface area contributed by atoms with E-state index in [4.69, 9.17) is 9.57 Å². The van der Waals surface area contributed by atoms with Crippen molar-refractivity contribution in [2.75, 3.05) is 26.7 Å². The van der Waals surface area contributed by atoms with Gasteiger partial charge >= 0.3 is 6.09 Å². The Hall–Kier alpha value is -1.30. The van der Waals surface area contributed by atoms with Crippen molar-refractivity contribution >= 4 is 11.9 Å². The number of oxime groups is 1. The molecule has 0 aromatic carbocycles. The summed E-state index contributed by atoms with van der Waals surface area (Å²) in [6, 6.07) is 0. The van der Waals surface area contributed by atoms with Crippen LogP contribution in [0.15, 0.2) is 5.16 Å². The first-order chi connectivity index (χ1) is 8.38. The molecule has 6 heteroatoms. The molecule has 18 heavy (non-hydrogen) atoms. The molecule has 2 rings (SSSR count). The third-order valence-corrected chi connectivity index (χ3v) is 3.23. The molecule has 2 saturated heterocycles. The van der Waals surface area contributed by atoms with Gasteiger partial charge in [0, 0.05) is 13.1 Å². The molecule has 1 amide bonds. The average Bonchev–Trinajstić information content (AvgIpc) is 2.71. The molecule has 6 nitrogen and oxygen atoms in total. The summed E-state index contributed by atoms with van der Waals surface area (Å²) in [5, 5.41) is 7.30. The van der Waals surface area contributed by atoms with E-state index in [-0.39, 0.29) is 11.5 Å². The van der Waals surface area contributed by atoms with Crippen LogP contribution in [0.2, 0.25) is 0 Å². The van der Waals surface area contributed by atoms with Gasteiger partial charge in [-0.15, -0.1) is 0 Å². The summed E-state index contributed by atoms with van der Waals surface area (Å²) in [7, 11) is 1.49. The first-order valence-corrected chi connectivity index (χ1v) is 6.21. The van der Waals surface area contributed by atoms with E-state index in [1.54, 1.807) is 4.90 Å². The summed E-state index contributed by atoms with van der Waals surface area (Å²) in [4.78, 5) is 18.4. The highest BCUT2D eigenvalue weighted by atomic mass is 16.6. The van der Waals surface area contributed by atoms with Crippen molar-refractivity contribution in [3.8, 4) is 0 Å². The number of hydrogen-bond donors (Lipinski definition) is 1. The molecular weight excluding hydrogens is 234 g/mol. The molecule has 1 spiro atoms. The van der Waals surface area contributed by atoms with Crippen LogP contribution in [-0.2, 0) is 9.57 Å². The van der Waals surface area contributed by atoms with E-state index < -0.39 is 5.60 Å². The average molecular weight is 255 g/mol. The zero-order chi connectivity index (χ0) is 13.4. The maximum atomic E-state index is 12.0. The fourth-order valence-corrected chi connectivity index (χ4v) is 2.41. The lowest BCUT2D eigenvalue weighted by atomic mass is 9.77. The minimum atomic E-state index is -0.494. The second-order valence-electron chi connectivity index (χ2n) is 5.87. The molecule has 1 unspecified atom stereocenters. The van der Waals surface area contributed by atoms with E-state index in [9.17, 15) is 4.79 Å². The van der Waals surface area contributed by atoms with Gasteiger partial charge < -0.3 is 14.9 Å². The minimum absolute atomic E-state index is 0.0487. The van der Waals surface area contributed by atoms with E-state index in [0.29, 0.717) is 12.4 Å². The zero-order valence-corrected chi connectivity index (χ0v) is 11.4. The number of rotatable bonds is 1. The third-order valence-electron chi connectivity index (χ3n) is 3.23. The summed E-state index contributed by atoms with van der Waals surface area (Å²) in [6.07, 6.45) is 0.630. The van der Waals surface area contributed by atoms with Crippen LogP contribution < -0.4 is 5.32 Å². The summed E-state index contributed by atoms with van der Waals surface area (Å²) in [5.41, 5.74) is -0.543. The summed E-state index contributed by atoms with van der Waals surface area (Å²) >= 11 is 0. The van der Waals surface area contributed by atoms with E-state index in [1.807, 2.05) is 20.8 Å². The topological polar surface area (TPSA) is 63.2 Å². The van der Waals surface area contributed by atoms with Crippen LogP contribution in [0.25, 0.3) is 0 Å². The number of carbonyl (C=O) groups is 1. The lowest BCUT2D eigenvalue weighted by Crippen LogP contribution is -2.65. The highest BCUT2D eigenvalue weighted by Crippen LogP contribution is 2.39. The number of likely N-dealkylation sites (tertiary alicyclic amines) is 1. The number of ether oxygens (including phenoxy) is 1. The van der Waals surface area contributed by atoms with Gasteiger partial charge in [0.15, 0.2) is 5.84 Å². The molecule has 0 radical (unpaired) electrons. The number of amides is 1. The van der Waals surface area contributed by atoms with Gasteiger partial charge in [0.2, 0.25) is 0 Å². The Kier molecular flexibility index (Phi) is 3.23. The molecule has 0 aromatic heterocycles. The van der Waals surface area contributed by atoms with Gasteiger partial charge in [0.25, 0.3) is 0 Å². The molecule has 1 N–H and O–H groups in total. The SMILES string of the molecule is CON=C1N(C(=O)OC(C)(C)C)CC12CCNC2. The number of carbonyl (C=O) groups excluding carboxylic acids is 1. The predicted octanol–water partition coefficient (Wildman–Crippen LogP) is 1.18. The molecule has 0 aromatic rings. The van der Waals surface area contributed by atoms with Crippen molar-refractivity contribution in [1.82, 2.24) is 10.2 Å². The maximum absolute atomic E-state index is 12.0. The smallest absolute Gasteiger partial charge is 0.415 e. The second-order valence-corrected chi connectivity index (χ2v) is 5.87. The molecule has 0 aliphatic carbocycles. The van der Waals surface area contributed by atoms with Crippen molar-refractivity contribution in [1.29, 1.82) is 0 Å². The molecule has 0 bridgehead atoms. The number of nitrogens with one attached hydrogen (secondary N) is 1. The van der Waals surface area contributed by atoms with E-state index in [1.165, 1.54) is 7.11 Å². The van der Waals surface area contributed by atoms with Crippen LogP contribution in [0.1, 0.15) is 27.2 Å². The van der Waals surface area contributed by atoms with Crippen LogP contribution in [-0.4, -0.2) is 49.2 Å². The molecule has 0 saturated carbocycles. The number of nitrogens with zero attached hydrogens (tertiary/aromatic N) is 2. The highest BCUT2D eigenvalue weighted by Gasteiger charge is 2.55. The van der Waals surface area contributed by atoms with Crippen molar-refractivity contribution in [2.24, 2.45) is 10.6 Å². The Bertz CT molecular complexity index is 367. The third kappa shape index (κ3) is 2.29. The first-order valence-electron chi connectivity index (χ1n) is 6.21. The summed E-state index contributed by atoms with van der Waals surface area (Å²) < 4.78 is 5.35. The van der Waals surface area contributed by atoms with Crippen molar-refractivity contribution in [3.05, 3.63) is 0 Å². The van der Waals surface area contributed by atoms with Crippen molar-refractivity contribution in [2.45, 2.75) is 32.8 Å². The summed E-state index contributed by atoms with van der Waals surface area (Å²) in [5.74, 6) is 0.684. The van der Waals surface area contributed by atoms with E-state index in [0.717, 1.165) is 19.5 Å². The zero-order valence-electron chi connectivity index (χ0n) is 11.4. The Balaban J connectivity index is 2.08. The molecular formula is C12H21N3O3. The number of hydrogen-bond acceptors (Lipinski definition) is 5. The van der Waals surface area contributed by atoms with E-state index >= 15 is 0 Å². The standard InChI is InChI=1S/C12H21N3O3/c1-11(2,3)18-10(16)15-8-12(5-6-13-7-12)9(15)14-17-4/h13H,5-8H2,1-4H3. The molecule has 102 valence electrons. The molecule has 2 aliphatic heterocycles. The van der Waals surface area contributed by atoms with E-state index in [2.05, 4.69) is 10.5 Å². The Labute approximate surface area is 107 Å². The maximum Gasteiger partial charge on any atom is 0.415 e.